The number of aromatic nitrogens is 3. The molecule has 3 N–H and O–H groups in total. The Morgan fingerprint density at radius 1 is 1.45 bits per heavy atom. The Morgan fingerprint density at radius 3 is 3.00 bits per heavy atom. The minimum atomic E-state index is -0.771. The third-order valence-electron chi connectivity index (χ3n) is 3.16. The fraction of sp³-hybridized carbons (Fsp3) is 0.250. The Balaban J connectivity index is 2.09. The third-order valence-corrected chi connectivity index (χ3v) is 3.16. The molecule has 1 aromatic carbocycles. The van der Waals surface area contributed by atoms with Gasteiger partial charge in [0.25, 0.3) is 5.91 Å². The zero-order chi connectivity index (χ0) is 14.3. The number of nitrogens with zero attached hydrogens (tertiary/aromatic N) is 3. The molecule has 0 aliphatic carbocycles. The molecule has 20 heavy (non-hydrogen) atoms. The van der Waals surface area contributed by atoms with E-state index in [9.17, 15) is 13.6 Å². The maximum absolute atomic E-state index is 13.9. The van der Waals surface area contributed by atoms with Crippen LogP contribution >= 0.6 is 0 Å². The second-order valence-electron chi connectivity index (χ2n) is 4.46. The second-order valence-corrected chi connectivity index (χ2v) is 4.46. The lowest BCUT2D eigenvalue weighted by atomic mass is 10.0. The summed E-state index contributed by atoms with van der Waals surface area (Å²) < 4.78 is 28.5. The molecule has 0 fully saturated rings. The van der Waals surface area contributed by atoms with Crippen molar-refractivity contribution in [2.24, 2.45) is 5.73 Å². The van der Waals surface area contributed by atoms with Crippen molar-refractivity contribution in [1.82, 2.24) is 14.8 Å². The van der Waals surface area contributed by atoms with Crippen LogP contribution in [0.5, 0.6) is 0 Å². The molecule has 3 rings (SSSR count). The first-order chi connectivity index (χ1) is 9.56. The number of amides is 1. The summed E-state index contributed by atoms with van der Waals surface area (Å²) in [6, 6.07) is 2.72. The van der Waals surface area contributed by atoms with Gasteiger partial charge in [0.15, 0.2) is 0 Å². The minimum absolute atomic E-state index is 0.156. The molecular weight excluding hydrogens is 268 g/mol. The first-order valence-corrected chi connectivity index (χ1v) is 6.01. The molecule has 0 radical (unpaired) electrons. The van der Waals surface area contributed by atoms with E-state index in [1.807, 2.05) is 0 Å². The average Bonchev–Trinajstić information content (AvgIpc) is 2.85. The van der Waals surface area contributed by atoms with Crippen LogP contribution in [0.15, 0.2) is 18.2 Å². The van der Waals surface area contributed by atoms with E-state index in [1.54, 1.807) is 0 Å². The van der Waals surface area contributed by atoms with Crippen molar-refractivity contribution >= 4 is 11.9 Å². The monoisotopic (exact) mass is 279 g/mol. The van der Waals surface area contributed by atoms with Crippen LogP contribution in [0.3, 0.4) is 0 Å². The summed E-state index contributed by atoms with van der Waals surface area (Å²) in [5, 5.41) is 6.90. The highest BCUT2D eigenvalue weighted by molar-refractivity contribution is 5.89. The number of carbonyl (C=O) groups is 1. The number of fused-ring (bicyclic) bond motifs is 1. The number of benzene rings is 1. The number of rotatable bonds is 2. The van der Waals surface area contributed by atoms with Gasteiger partial charge in [-0.25, -0.2) is 13.5 Å². The number of nitrogens with two attached hydrogens (primary N) is 1. The smallest absolute Gasteiger partial charge is 0.288 e. The average molecular weight is 279 g/mol. The van der Waals surface area contributed by atoms with E-state index in [-0.39, 0.29) is 11.4 Å². The predicted molar refractivity (Wildman–Crippen MR) is 66.1 cm³/mol. The Morgan fingerprint density at radius 2 is 2.25 bits per heavy atom. The van der Waals surface area contributed by atoms with E-state index >= 15 is 0 Å². The van der Waals surface area contributed by atoms with Crippen molar-refractivity contribution in [2.45, 2.75) is 12.5 Å². The van der Waals surface area contributed by atoms with Gasteiger partial charge in [-0.3, -0.25) is 4.79 Å². The summed E-state index contributed by atoms with van der Waals surface area (Å²) in [4.78, 5) is 15.0. The standard InChI is InChI=1S/C12H11F2N5O/c13-6-1-2-8(14)7(5-6)9-3-4-16-12-17-11(10(15)20)18-19(9)12/h1-2,5,9H,3-4H2,(H2,15,20)(H,16,17,18). The van der Waals surface area contributed by atoms with Gasteiger partial charge in [0.1, 0.15) is 11.6 Å². The van der Waals surface area contributed by atoms with Crippen molar-refractivity contribution in [1.29, 1.82) is 0 Å². The van der Waals surface area contributed by atoms with Gasteiger partial charge in [0.2, 0.25) is 11.8 Å². The Labute approximate surface area is 112 Å². The molecule has 2 aromatic rings. The van der Waals surface area contributed by atoms with Crippen LogP contribution in [0.2, 0.25) is 0 Å². The highest BCUT2D eigenvalue weighted by atomic mass is 19.1. The Kier molecular flexibility index (Phi) is 2.85. The number of anilines is 1. The van der Waals surface area contributed by atoms with Gasteiger partial charge in [-0.15, -0.1) is 5.10 Å². The third kappa shape index (κ3) is 1.98. The quantitative estimate of drug-likeness (QED) is 0.860. The van der Waals surface area contributed by atoms with Crippen LogP contribution in [0.4, 0.5) is 14.7 Å². The van der Waals surface area contributed by atoms with E-state index in [0.29, 0.717) is 18.9 Å². The Bertz CT molecular complexity index is 684. The van der Waals surface area contributed by atoms with Crippen molar-refractivity contribution in [2.75, 3.05) is 11.9 Å². The SMILES string of the molecule is NC(=O)c1nc2n(n1)C(c1cc(F)ccc1F)CCN2. The van der Waals surface area contributed by atoms with E-state index in [0.717, 1.165) is 18.2 Å². The fourth-order valence-electron chi connectivity index (χ4n) is 2.27. The number of hydrogen-bond acceptors (Lipinski definition) is 4. The molecule has 8 heteroatoms. The maximum atomic E-state index is 13.9. The van der Waals surface area contributed by atoms with Crippen LogP contribution in [0, 0.1) is 11.6 Å². The van der Waals surface area contributed by atoms with Gasteiger partial charge in [0.05, 0.1) is 6.04 Å². The zero-order valence-electron chi connectivity index (χ0n) is 10.3. The van der Waals surface area contributed by atoms with Crippen LogP contribution in [-0.2, 0) is 0 Å². The van der Waals surface area contributed by atoms with Gasteiger partial charge >= 0.3 is 0 Å². The number of carbonyl (C=O) groups excluding carboxylic acids is 1. The fourth-order valence-corrected chi connectivity index (χ4v) is 2.27. The highest BCUT2D eigenvalue weighted by Gasteiger charge is 2.27. The predicted octanol–water partition coefficient (Wildman–Crippen LogP) is 1.06. The van der Waals surface area contributed by atoms with Gasteiger partial charge in [0, 0.05) is 12.1 Å². The zero-order valence-corrected chi connectivity index (χ0v) is 10.3. The molecular formula is C12H11F2N5O. The molecule has 1 atom stereocenters. The normalized spacial score (nSPS) is 17.4. The lowest BCUT2D eigenvalue weighted by Gasteiger charge is -2.24. The minimum Gasteiger partial charge on any atom is -0.363 e. The first-order valence-electron chi connectivity index (χ1n) is 6.01. The van der Waals surface area contributed by atoms with Crippen molar-refractivity contribution in [3.63, 3.8) is 0 Å². The van der Waals surface area contributed by atoms with E-state index in [2.05, 4.69) is 15.4 Å². The molecule has 2 heterocycles. The first kappa shape index (κ1) is 12.5. The number of nitrogens with one attached hydrogen (secondary N) is 1. The van der Waals surface area contributed by atoms with Crippen molar-refractivity contribution in [3.05, 3.63) is 41.2 Å². The topological polar surface area (TPSA) is 85.8 Å². The van der Waals surface area contributed by atoms with Crippen molar-refractivity contribution < 1.29 is 13.6 Å². The van der Waals surface area contributed by atoms with E-state index in [1.165, 1.54) is 4.68 Å². The molecule has 6 nitrogen and oxygen atoms in total. The number of hydrogen-bond donors (Lipinski definition) is 2. The second kappa shape index (κ2) is 4.55. The molecule has 0 saturated heterocycles. The lowest BCUT2D eigenvalue weighted by Crippen LogP contribution is -2.25. The molecule has 1 aromatic heterocycles. The Hall–Kier alpha value is -2.51. The molecule has 0 spiro atoms. The summed E-state index contributed by atoms with van der Waals surface area (Å²) in [5.41, 5.74) is 5.30. The summed E-state index contributed by atoms with van der Waals surface area (Å²) in [6.45, 7) is 0.511. The molecule has 1 aliphatic heterocycles. The van der Waals surface area contributed by atoms with Crippen LogP contribution < -0.4 is 11.1 Å². The molecule has 1 aliphatic rings. The van der Waals surface area contributed by atoms with Gasteiger partial charge in [-0.1, -0.05) is 0 Å². The lowest BCUT2D eigenvalue weighted by molar-refractivity contribution is 0.0990. The molecule has 0 bridgehead atoms. The number of primary amides is 1. The van der Waals surface area contributed by atoms with Crippen molar-refractivity contribution in [3.8, 4) is 0 Å². The summed E-state index contributed by atoms with van der Waals surface area (Å²) >= 11 is 0. The van der Waals surface area contributed by atoms with E-state index < -0.39 is 23.6 Å². The summed E-state index contributed by atoms with van der Waals surface area (Å²) in [6.07, 6.45) is 0.495. The van der Waals surface area contributed by atoms with Gasteiger partial charge in [-0.2, -0.15) is 4.98 Å². The molecule has 1 unspecified atom stereocenters. The maximum Gasteiger partial charge on any atom is 0.288 e. The summed E-state index contributed by atoms with van der Waals surface area (Å²) in [5.74, 6) is -1.67. The van der Waals surface area contributed by atoms with Gasteiger partial charge in [-0.05, 0) is 24.6 Å². The van der Waals surface area contributed by atoms with Crippen LogP contribution in [0.1, 0.15) is 28.6 Å². The summed E-state index contributed by atoms with van der Waals surface area (Å²) in [7, 11) is 0. The van der Waals surface area contributed by atoms with E-state index in [4.69, 9.17) is 5.73 Å². The van der Waals surface area contributed by atoms with Crippen LogP contribution in [0.25, 0.3) is 0 Å². The molecule has 104 valence electrons. The highest BCUT2D eigenvalue weighted by Crippen LogP contribution is 2.30. The largest absolute Gasteiger partial charge is 0.363 e. The molecule has 1 amide bonds. The van der Waals surface area contributed by atoms with Crippen LogP contribution in [-0.4, -0.2) is 27.2 Å². The molecule has 0 saturated carbocycles. The van der Waals surface area contributed by atoms with Gasteiger partial charge < -0.3 is 11.1 Å². The number of halogens is 2.